The molecule has 104 valence electrons. The predicted octanol–water partition coefficient (Wildman–Crippen LogP) is 0.273. The van der Waals surface area contributed by atoms with Crippen molar-refractivity contribution in [2.24, 2.45) is 0 Å². The van der Waals surface area contributed by atoms with Gasteiger partial charge in [-0.05, 0) is 29.0 Å². The van der Waals surface area contributed by atoms with Gasteiger partial charge in [-0.1, -0.05) is 0 Å². The number of fused-ring (bicyclic) bond motifs is 1. The van der Waals surface area contributed by atoms with E-state index in [4.69, 9.17) is 20.7 Å². The summed E-state index contributed by atoms with van der Waals surface area (Å²) in [5.74, 6) is 0.528. The maximum Gasteiger partial charge on any atom is 0.143 e. The molecule has 3 rings (SSSR count). The van der Waals surface area contributed by atoms with E-state index in [1.807, 2.05) is 6.20 Å². The zero-order chi connectivity index (χ0) is 13.8. The number of rotatable bonds is 1. The van der Waals surface area contributed by atoms with Gasteiger partial charge < -0.3 is 25.7 Å². The summed E-state index contributed by atoms with van der Waals surface area (Å²) < 4.78 is 5.97. The molecule has 0 radical (unpaired) electrons. The van der Waals surface area contributed by atoms with E-state index in [0.29, 0.717) is 18.8 Å². The monoisotopic (exact) mass is 378 g/mol. The van der Waals surface area contributed by atoms with Crippen molar-refractivity contribution >= 4 is 39.4 Å². The molecule has 19 heavy (non-hydrogen) atoms. The van der Waals surface area contributed by atoms with Crippen LogP contribution in [0.4, 0.5) is 5.82 Å². The van der Waals surface area contributed by atoms with Crippen molar-refractivity contribution in [1.82, 2.24) is 15.0 Å². The normalized spacial score (nSPS) is 22.3. The van der Waals surface area contributed by atoms with Crippen LogP contribution in [0.3, 0.4) is 0 Å². The average molecular weight is 378 g/mol. The second-order valence-electron chi connectivity index (χ2n) is 4.07. The fraction of sp³-hybridized carbons (Fsp3) is 0.455. The number of nitrogens with two attached hydrogens (primary N) is 1. The smallest absolute Gasteiger partial charge is 0.143 e. The molecular weight excluding hydrogens is 363 g/mol. The number of ether oxygens (including phenoxy) is 1. The zero-order valence-electron chi connectivity index (χ0n) is 10.1. The zero-order valence-corrected chi connectivity index (χ0v) is 12.2. The first-order chi connectivity index (χ1) is 9.13. The van der Waals surface area contributed by atoms with Gasteiger partial charge in [-0.25, -0.2) is 9.97 Å². The lowest BCUT2D eigenvalue weighted by Gasteiger charge is -2.07. The standard InChI is InChI=1S/C6H5IN4.C5H10O3/c7-3-1-9-6-4(3)5(8)10-2-11-6;6-3-5-4(7)1-2-8-5/h1-2H,(H3,8,9,10,11);4-7H,1-3H2. The summed E-state index contributed by atoms with van der Waals surface area (Å²) in [4.78, 5) is 10.9. The van der Waals surface area contributed by atoms with Gasteiger partial charge in [0, 0.05) is 16.4 Å². The van der Waals surface area contributed by atoms with Crippen molar-refractivity contribution in [3.05, 3.63) is 16.1 Å². The molecule has 1 aliphatic heterocycles. The van der Waals surface area contributed by atoms with E-state index in [0.717, 1.165) is 14.6 Å². The third-order valence-corrected chi connectivity index (χ3v) is 3.66. The number of aromatic nitrogens is 3. The molecule has 8 heteroatoms. The number of aliphatic hydroxyl groups is 2. The highest BCUT2D eigenvalue weighted by atomic mass is 127. The average Bonchev–Trinajstić information content (AvgIpc) is 2.98. The molecule has 0 saturated carbocycles. The number of nitrogens with zero attached hydrogens (tertiary/aromatic N) is 2. The molecule has 2 aromatic heterocycles. The molecule has 3 heterocycles. The summed E-state index contributed by atoms with van der Waals surface area (Å²) in [5, 5.41) is 18.3. The van der Waals surface area contributed by atoms with Gasteiger partial charge in [-0.3, -0.25) is 0 Å². The number of hydrogen-bond acceptors (Lipinski definition) is 6. The number of H-pyrrole nitrogens is 1. The van der Waals surface area contributed by atoms with Crippen LogP contribution in [0.1, 0.15) is 6.42 Å². The van der Waals surface area contributed by atoms with E-state index in [-0.39, 0.29) is 12.7 Å². The van der Waals surface area contributed by atoms with Crippen molar-refractivity contribution < 1.29 is 14.9 Å². The molecule has 2 atom stereocenters. The van der Waals surface area contributed by atoms with E-state index in [1.165, 1.54) is 6.33 Å². The minimum Gasteiger partial charge on any atom is -0.394 e. The second kappa shape index (κ2) is 6.46. The maximum absolute atomic E-state index is 8.90. The maximum atomic E-state index is 8.90. The van der Waals surface area contributed by atoms with Crippen molar-refractivity contribution in [2.45, 2.75) is 18.6 Å². The predicted molar refractivity (Wildman–Crippen MR) is 78.5 cm³/mol. The van der Waals surface area contributed by atoms with E-state index in [9.17, 15) is 0 Å². The van der Waals surface area contributed by atoms with Gasteiger partial charge in [0.2, 0.25) is 0 Å². The number of aromatic amines is 1. The summed E-state index contributed by atoms with van der Waals surface area (Å²) in [6.07, 6.45) is 3.20. The number of aliphatic hydroxyl groups excluding tert-OH is 2. The molecule has 0 amide bonds. The Hall–Kier alpha value is -0.970. The molecule has 0 aliphatic carbocycles. The third kappa shape index (κ3) is 3.32. The summed E-state index contributed by atoms with van der Waals surface area (Å²) in [6, 6.07) is 0. The Morgan fingerprint density at radius 2 is 2.32 bits per heavy atom. The molecule has 7 nitrogen and oxygen atoms in total. The molecule has 1 fully saturated rings. The van der Waals surface area contributed by atoms with E-state index in [2.05, 4.69) is 37.5 Å². The van der Waals surface area contributed by atoms with Crippen LogP contribution in [0.25, 0.3) is 11.0 Å². The van der Waals surface area contributed by atoms with Crippen molar-refractivity contribution in [2.75, 3.05) is 18.9 Å². The minimum absolute atomic E-state index is 0.0683. The van der Waals surface area contributed by atoms with Crippen LogP contribution in [0.2, 0.25) is 0 Å². The quantitative estimate of drug-likeness (QED) is 0.530. The Labute approximate surface area is 123 Å². The molecule has 1 saturated heterocycles. The fourth-order valence-corrected chi connectivity index (χ4v) is 2.45. The summed E-state index contributed by atoms with van der Waals surface area (Å²) in [7, 11) is 0. The van der Waals surface area contributed by atoms with Gasteiger partial charge >= 0.3 is 0 Å². The molecule has 0 spiro atoms. The summed E-state index contributed by atoms with van der Waals surface area (Å²) >= 11 is 2.19. The van der Waals surface area contributed by atoms with Gasteiger partial charge in [0.05, 0.1) is 18.1 Å². The number of nitrogen functional groups attached to an aromatic ring is 1. The highest BCUT2D eigenvalue weighted by Crippen LogP contribution is 2.21. The van der Waals surface area contributed by atoms with Gasteiger partial charge in [-0.2, -0.15) is 0 Å². The highest BCUT2D eigenvalue weighted by Gasteiger charge is 2.24. The van der Waals surface area contributed by atoms with Crippen LogP contribution in [-0.4, -0.2) is 50.6 Å². The fourth-order valence-electron chi connectivity index (χ4n) is 1.76. The summed E-state index contributed by atoms with van der Waals surface area (Å²) in [5.41, 5.74) is 6.42. The lowest BCUT2D eigenvalue weighted by Crippen LogP contribution is -2.24. The molecule has 2 unspecified atom stereocenters. The lowest BCUT2D eigenvalue weighted by molar-refractivity contribution is 0.00406. The Morgan fingerprint density at radius 1 is 1.53 bits per heavy atom. The molecule has 1 aliphatic rings. The first kappa shape index (κ1) is 14.4. The highest BCUT2D eigenvalue weighted by molar-refractivity contribution is 14.1. The van der Waals surface area contributed by atoms with Crippen LogP contribution in [-0.2, 0) is 4.74 Å². The minimum atomic E-state index is -0.444. The van der Waals surface area contributed by atoms with Crippen LogP contribution in [0, 0.1) is 3.57 Å². The van der Waals surface area contributed by atoms with Gasteiger partial charge in [-0.15, -0.1) is 0 Å². The first-order valence-electron chi connectivity index (χ1n) is 5.77. The van der Waals surface area contributed by atoms with Gasteiger partial charge in [0.25, 0.3) is 0 Å². The van der Waals surface area contributed by atoms with E-state index < -0.39 is 6.10 Å². The Morgan fingerprint density at radius 3 is 2.84 bits per heavy atom. The van der Waals surface area contributed by atoms with Crippen molar-refractivity contribution in [3.63, 3.8) is 0 Å². The first-order valence-corrected chi connectivity index (χ1v) is 6.85. The Kier molecular flexibility index (Phi) is 4.91. The molecule has 0 bridgehead atoms. The SMILES string of the molecule is Nc1ncnc2[nH]cc(I)c12.OCC1OCCC1O. The van der Waals surface area contributed by atoms with E-state index >= 15 is 0 Å². The number of hydrogen-bond donors (Lipinski definition) is 4. The second-order valence-corrected chi connectivity index (χ2v) is 5.23. The van der Waals surface area contributed by atoms with E-state index in [1.54, 1.807) is 0 Å². The van der Waals surface area contributed by atoms with Gasteiger partial charge in [0.15, 0.2) is 0 Å². The molecule has 0 aromatic carbocycles. The van der Waals surface area contributed by atoms with Gasteiger partial charge in [0.1, 0.15) is 23.9 Å². The molecule has 2 aromatic rings. The largest absolute Gasteiger partial charge is 0.394 e. The van der Waals surface area contributed by atoms with Crippen LogP contribution < -0.4 is 5.73 Å². The Balaban J connectivity index is 0.000000148. The summed E-state index contributed by atoms with van der Waals surface area (Å²) in [6.45, 7) is 0.508. The van der Waals surface area contributed by atoms with Crippen LogP contribution >= 0.6 is 22.6 Å². The van der Waals surface area contributed by atoms with Crippen molar-refractivity contribution in [3.8, 4) is 0 Å². The van der Waals surface area contributed by atoms with Crippen LogP contribution in [0.15, 0.2) is 12.5 Å². The number of anilines is 1. The lowest BCUT2D eigenvalue weighted by atomic mass is 10.2. The number of nitrogens with one attached hydrogen (secondary N) is 1. The third-order valence-electron chi connectivity index (χ3n) is 2.81. The Bertz CT molecular complexity index is 548. The van der Waals surface area contributed by atoms with Crippen molar-refractivity contribution in [1.29, 1.82) is 0 Å². The number of halogens is 1. The topological polar surface area (TPSA) is 117 Å². The van der Waals surface area contributed by atoms with Crippen LogP contribution in [0.5, 0.6) is 0 Å². The molecule has 5 N–H and O–H groups in total. The molecular formula is C11H15IN4O3.